The van der Waals surface area contributed by atoms with Crippen LogP contribution in [0.4, 0.5) is 5.69 Å². The molecule has 0 aromatic heterocycles. The molecule has 3 nitrogen and oxygen atoms in total. The quantitative estimate of drug-likeness (QED) is 0.723. The van der Waals surface area contributed by atoms with Crippen molar-refractivity contribution in [3.63, 3.8) is 0 Å². The molecule has 0 amide bonds. The summed E-state index contributed by atoms with van der Waals surface area (Å²) in [5, 5.41) is 4.27. The van der Waals surface area contributed by atoms with Gasteiger partial charge in [0.1, 0.15) is 0 Å². The maximum absolute atomic E-state index is 6.04. The summed E-state index contributed by atoms with van der Waals surface area (Å²) in [7, 11) is 0. The Balaban J connectivity index is 1.99. The van der Waals surface area contributed by atoms with Gasteiger partial charge in [-0.15, -0.1) is 0 Å². The Hall–Kier alpha value is -0.420. The summed E-state index contributed by atoms with van der Waals surface area (Å²) in [5.41, 5.74) is 1.28. The van der Waals surface area contributed by atoms with Gasteiger partial charge in [0.15, 0.2) is 0 Å². The molecular weight excluding hydrogens is 314 g/mol. The number of nitrogens with one attached hydrogen (secondary N) is 1. The number of halogens is 1. The molecule has 0 spiro atoms. The lowest BCUT2D eigenvalue weighted by atomic mass is 10.1. The van der Waals surface area contributed by atoms with Gasteiger partial charge >= 0.3 is 0 Å². The minimum absolute atomic E-state index is 0.615. The van der Waals surface area contributed by atoms with Crippen LogP contribution in [0.5, 0.6) is 0 Å². The van der Waals surface area contributed by atoms with Crippen LogP contribution in [-0.4, -0.2) is 49.4 Å². The number of nitrogens with zero attached hydrogens (tertiary/aromatic N) is 2. The SMILES string of the molecule is CCN(CC)CCSN(c1ccc(Cl)cc1)C1CCNCC1. The van der Waals surface area contributed by atoms with E-state index in [-0.39, 0.29) is 0 Å². The van der Waals surface area contributed by atoms with Gasteiger partial charge < -0.3 is 14.5 Å². The Bertz CT molecular complexity index is 416. The van der Waals surface area contributed by atoms with Crippen molar-refractivity contribution in [3.8, 4) is 0 Å². The highest BCUT2D eigenvalue weighted by Gasteiger charge is 2.22. The van der Waals surface area contributed by atoms with Crippen molar-refractivity contribution in [1.82, 2.24) is 10.2 Å². The normalized spacial score (nSPS) is 16.2. The lowest BCUT2D eigenvalue weighted by Crippen LogP contribution is -2.40. The van der Waals surface area contributed by atoms with Crippen LogP contribution in [-0.2, 0) is 0 Å². The molecule has 22 heavy (non-hydrogen) atoms. The molecule has 1 aliphatic rings. The molecular formula is C17H28ClN3S. The van der Waals surface area contributed by atoms with Crippen LogP contribution < -0.4 is 9.62 Å². The Labute approximate surface area is 144 Å². The highest BCUT2D eigenvalue weighted by atomic mass is 35.5. The highest BCUT2D eigenvalue weighted by Crippen LogP contribution is 2.30. The van der Waals surface area contributed by atoms with E-state index in [0.717, 1.165) is 43.5 Å². The third kappa shape index (κ3) is 5.34. The molecule has 0 aliphatic carbocycles. The van der Waals surface area contributed by atoms with E-state index in [1.807, 2.05) is 24.1 Å². The van der Waals surface area contributed by atoms with Crippen molar-refractivity contribution < 1.29 is 0 Å². The monoisotopic (exact) mass is 341 g/mol. The van der Waals surface area contributed by atoms with Gasteiger partial charge in [-0.1, -0.05) is 25.4 Å². The van der Waals surface area contributed by atoms with E-state index in [0.29, 0.717) is 6.04 Å². The summed E-state index contributed by atoms with van der Waals surface area (Å²) >= 11 is 8.01. The number of benzene rings is 1. The first kappa shape index (κ1) is 17.9. The molecule has 1 N–H and O–H groups in total. The smallest absolute Gasteiger partial charge is 0.0474 e. The highest BCUT2D eigenvalue weighted by molar-refractivity contribution is 8.00. The largest absolute Gasteiger partial charge is 0.317 e. The van der Waals surface area contributed by atoms with Crippen molar-refractivity contribution in [1.29, 1.82) is 0 Å². The molecule has 1 saturated heterocycles. The molecule has 1 aromatic carbocycles. The fourth-order valence-electron chi connectivity index (χ4n) is 2.83. The molecule has 0 unspecified atom stereocenters. The van der Waals surface area contributed by atoms with Crippen molar-refractivity contribution in [2.45, 2.75) is 32.7 Å². The zero-order valence-corrected chi connectivity index (χ0v) is 15.3. The fraction of sp³-hybridized carbons (Fsp3) is 0.647. The Kier molecular flexibility index (Phi) is 7.87. The number of rotatable bonds is 8. The molecule has 1 aliphatic heterocycles. The Morgan fingerprint density at radius 2 is 1.77 bits per heavy atom. The van der Waals surface area contributed by atoms with E-state index >= 15 is 0 Å². The van der Waals surface area contributed by atoms with E-state index in [2.05, 4.69) is 40.5 Å². The van der Waals surface area contributed by atoms with Gasteiger partial charge in [0.2, 0.25) is 0 Å². The van der Waals surface area contributed by atoms with Gasteiger partial charge in [0.05, 0.1) is 0 Å². The molecule has 1 heterocycles. The van der Waals surface area contributed by atoms with Gasteiger partial charge in [-0.2, -0.15) is 0 Å². The van der Waals surface area contributed by atoms with Gasteiger partial charge in [-0.05, 0) is 75.2 Å². The third-order valence-electron chi connectivity index (χ3n) is 4.25. The first-order chi connectivity index (χ1) is 10.7. The van der Waals surface area contributed by atoms with Gasteiger partial charge in [0.25, 0.3) is 0 Å². The van der Waals surface area contributed by atoms with Gasteiger partial charge in [-0.25, -0.2) is 0 Å². The second-order valence-electron chi connectivity index (χ2n) is 5.64. The first-order valence-electron chi connectivity index (χ1n) is 8.35. The maximum Gasteiger partial charge on any atom is 0.0474 e. The average molecular weight is 342 g/mol. The lowest BCUT2D eigenvalue weighted by molar-refractivity contribution is 0.323. The summed E-state index contributed by atoms with van der Waals surface area (Å²) in [5.74, 6) is 1.13. The number of hydrogen-bond donors (Lipinski definition) is 1. The van der Waals surface area contributed by atoms with Crippen LogP contribution in [0.3, 0.4) is 0 Å². The minimum atomic E-state index is 0.615. The van der Waals surface area contributed by atoms with Crippen molar-refractivity contribution in [3.05, 3.63) is 29.3 Å². The van der Waals surface area contributed by atoms with E-state index in [9.17, 15) is 0 Å². The molecule has 0 atom stereocenters. The summed E-state index contributed by atoms with van der Waals surface area (Å²) in [6.45, 7) is 10.1. The van der Waals surface area contributed by atoms with E-state index < -0.39 is 0 Å². The molecule has 2 rings (SSSR count). The molecule has 5 heteroatoms. The van der Waals surface area contributed by atoms with Crippen LogP contribution in [0, 0.1) is 0 Å². The topological polar surface area (TPSA) is 18.5 Å². The zero-order chi connectivity index (χ0) is 15.8. The number of piperidine rings is 1. The summed E-state index contributed by atoms with van der Waals surface area (Å²) in [6, 6.07) is 8.90. The predicted molar refractivity (Wildman–Crippen MR) is 100 cm³/mol. The Morgan fingerprint density at radius 1 is 1.14 bits per heavy atom. The number of hydrogen-bond acceptors (Lipinski definition) is 4. The van der Waals surface area contributed by atoms with Crippen molar-refractivity contribution in [2.24, 2.45) is 0 Å². The van der Waals surface area contributed by atoms with E-state index in [1.54, 1.807) is 0 Å². The van der Waals surface area contributed by atoms with Gasteiger partial charge in [0, 0.05) is 29.0 Å². The van der Waals surface area contributed by atoms with Crippen molar-refractivity contribution in [2.75, 3.05) is 42.8 Å². The predicted octanol–water partition coefficient (Wildman–Crippen LogP) is 3.89. The minimum Gasteiger partial charge on any atom is -0.317 e. The first-order valence-corrected chi connectivity index (χ1v) is 9.67. The number of anilines is 1. The molecule has 0 radical (unpaired) electrons. The standard InChI is InChI=1S/C17H28ClN3S/c1-3-20(4-2)13-14-22-21(17-9-11-19-12-10-17)16-7-5-15(18)6-8-16/h5-8,17,19H,3-4,9-14H2,1-2H3. The second kappa shape index (κ2) is 9.66. The van der Waals surface area contributed by atoms with Crippen LogP contribution in [0.2, 0.25) is 5.02 Å². The summed E-state index contributed by atoms with van der Waals surface area (Å²) in [4.78, 5) is 2.48. The molecule has 1 aromatic rings. The average Bonchev–Trinajstić information content (AvgIpc) is 2.57. The molecule has 0 bridgehead atoms. The van der Waals surface area contributed by atoms with Crippen LogP contribution in [0.15, 0.2) is 24.3 Å². The van der Waals surface area contributed by atoms with Crippen LogP contribution >= 0.6 is 23.5 Å². The molecule has 0 saturated carbocycles. The molecule has 124 valence electrons. The third-order valence-corrected chi connectivity index (χ3v) is 5.66. The maximum atomic E-state index is 6.04. The van der Waals surface area contributed by atoms with E-state index in [1.165, 1.54) is 18.5 Å². The van der Waals surface area contributed by atoms with Crippen LogP contribution in [0.25, 0.3) is 0 Å². The van der Waals surface area contributed by atoms with Crippen molar-refractivity contribution >= 4 is 29.2 Å². The zero-order valence-electron chi connectivity index (χ0n) is 13.7. The van der Waals surface area contributed by atoms with Gasteiger partial charge in [-0.3, -0.25) is 0 Å². The summed E-state index contributed by atoms with van der Waals surface area (Å²) < 4.78 is 2.51. The fourth-order valence-corrected chi connectivity index (χ4v) is 4.18. The molecule has 1 fully saturated rings. The van der Waals surface area contributed by atoms with E-state index in [4.69, 9.17) is 11.6 Å². The second-order valence-corrected chi connectivity index (χ2v) is 7.14. The summed E-state index contributed by atoms with van der Waals surface area (Å²) in [6.07, 6.45) is 2.42. The van der Waals surface area contributed by atoms with Crippen LogP contribution in [0.1, 0.15) is 26.7 Å². The Morgan fingerprint density at radius 3 is 2.36 bits per heavy atom. The lowest BCUT2D eigenvalue weighted by Gasteiger charge is -2.35.